The first kappa shape index (κ1) is 15.7. The van der Waals surface area contributed by atoms with Crippen molar-refractivity contribution < 1.29 is 26.0 Å². The summed E-state index contributed by atoms with van der Waals surface area (Å²) >= 11 is 5.66. The Bertz CT molecular complexity index is 779. The number of anilines is 1. The van der Waals surface area contributed by atoms with E-state index in [2.05, 4.69) is 5.10 Å². The Morgan fingerprint density at radius 2 is 2.00 bits per heavy atom. The van der Waals surface area contributed by atoms with Gasteiger partial charge in [0.05, 0.1) is 0 Å². The van der Waals surface area contributed by atoms with Crippen molar-refractivity contribution in [1.82, 2.24) is 9.78 Å². The van der Waals surface area contributed by atoms with Crippen molar-refractivity contribution in [2.45, 2.75) is 18.2 Å². The van der Waals surface area contributed by atoms with Gasteiger partial charge in [-0.05, 0) is 19.1 Å². The molecule has 0 unspecified atom stereocenters. The number of sulfonamides is 1. The number of furan rings is 1. The molecular formula is C10H9ClF3N3O3S. The first-order chi connectivity index (χ1) is 9.52. The number of alkyl halides is 3. The summed E-state index contributed by atoms with van der Waals surface area (Å²) in [6, 6.07) is 2.49. The molecule has 1 N–H and O–H groups in total. The Balaban J connectivity index is 2.49. The largest absolute Gasteiger partial charge is 0.448 e. The Labute approximate surface area is 122 Å². The van der Waals surface area contributed by atoms with E-state index in [-0.39, 0.29) is 0 Å². The Hall–Kier alpha value is -1.68. The minimum absolute atomic E-state index is 0.295. The lowest BCUT2D eigenvalue weighted by Crippen LogP contribution is -2.16. The monoisotopic (exact) mass is 343 g/mol. The molecule has 0 spiro atoms. The van der Waals surface area contributed by atoms with Crippen molar-refractivity contribution in [3.63, 3.8) is 0 Å². The second kappa shape index (κ2) is 4.95. The fraction of sp³-hybridized carbons (Fsp3) is 0.300. The predicted molar refractivity (Wildman–Crippen MR) is 67.5 cm³/mol. The van der Waals surface area contributed by atoms with Gasteiger partial charge in [0.15, 0.2) is 10.8 Å². The molecule has 0 aromatic carbocycles. The zero-order valence-electron chi connectivity index (χ0n) is 10.7. The van der Waals surface area contributed by atoms with Gasteiger partial charge in [-0.2, -0.15) is 26.7 Å². The molecule has 0 amide bonds. The zero-order valence-corrected chi connectivity index (χ0v) is 12.3. The summed E-state index contributed by atoms with van der Waals surface area (Å²) in [4.78, 5) is 0. The summed E-state index contributed by atoms with van der Waals surface area (Å²) in [5, 5.41) is 2.15. The second-order valence-electron chi connectivity index (χ2n) is 4.11. The summed E-state index contributed by atoms with van der Waals surface area (Å²) in [6.07, 6.45) is -4.86. The maximum Gasteiger partial charge on any atom is 0.437 e. The maximum absolute atomic E-state index is 12.8. The van der Waals surface area contributed by atoms with Crippen molar-refractivity contribution in [1.29, 1.82) is 0 Å². The van der Waals surface area contributed by atoms with Crippen LogP contribution in [0.4, 0.5) is 18.9 Å². The average Bonchev–Trinajstić information content (AvgIpc) is 2.88. The number of halogens is 4. The van der Waals surface area contributed by atoms with Crippen molar-refractivity contribution >= 4 is 27.3 Å². The van der Waals surface area contributed by atoms with Crippen LogP contribution in [0.25, 0.3) is 0 Å². The molecule has 2 heterocycles. The van der Waals surface area contributed by atoms with E-state index in [0.717, 1.165) is 17.8 Å². The number of nitrogens with one attached hydrogen (secondary N) is 1. The van der Waals surface area contributed by atoms with E-state index >= 15 is 0 Å². The highest BCUT2D eigenvalue weighted by Crippen LogP contribution is 2.38. The zero-order chi connectivity index (χ0) is 16.0. The van der Waals surface area contributed by atoms with Gasteiger partial charge in [-0.25, -0.2) is 0 Å². The molecule has 0 saturated heterocycles. The molecule has 0 saturated carbocycles. The van der Waals surface area contributed by atoms with E-state index in [4.69, 9.17) is 16.0 Å². The molecule has 0 aliphatic carbocycles. The fourth-order valence-corrected chi connectivity index (χ4v) is 2.82. The molecule has 0 bridgehead atoms. The topological polar surface area (TPSA) is 77.1 Å². The van der Waals surface area contributed by atoms with Gasteiger partial charge in [0, 0.05) is 7.05 Å². The fourth-order valence-electron chi connectivity index (χ4n) is 1.53. The van der Waals surface area contributed by atoms with Crippen LogP contribution in [-0.2, 0) is 23.2 Å². The minimum atomic E-state index is -4.86. The summed E-state index contributed by atoms with van der Waals surface area (Å²) < 4.78 is 69.8. The van der Waals surface area contributed by atoms with Crippen LogP contribution in [0.3, 0.4) is 0 Å². The third-order valence-corrected chi connectivity index (χ3v) is 4.12. The lowest BCUT2D eigenvalue weighted by atomic mass is 10.4. The standard InChI is InChI=1S/C10H9ClF3N3O3S/c1-5-3-4-6(20-5)21(18,19)16-7-8(10(12,13)14)15-17(2)9(7)11/h3-4,16H,1-2H3. The highest BCUT2D eigenvalue weighted by molar-refractivity contribution is 7.92. The van der Waals surface area contributed by atoms with E-state index in [1.54, 1.807) is 4.72 Å². The summed E-state index contributed by atoms with van der Waals surface area (Å²) in [5.74, 6) is 0.295. The molecule has 21 heavy (non-hydrogen) atoms. The molecule has 116 valence electrons. The van der Waals surface area contributed by atoms with Gasteiger partial charge in [-0.1, -0.05) is 11.6 Å². The molecular weight excluding hydrogens is 335 g/mol. The molecule has 2 aromatic rings. The smallest absolute Gasteiger partial charge is 0.437 e. The number of nitrogens with zero attached hydrogens (tertiary/aromatic N) is 2. The summed E-state index contributed by atoms with van der Waals surface area (Å²) in [5.41, 5.74) is -2.28. The van der Waals surface area contributed by atoms with Crippen LogP contribution in [0.2, 0.25) is 5.15 Å². The van der Waals surface area contributed by atoms with Crippen LogP contribution in [0.1, 0.15) is 11.5 Å². The van der Waals surface area contributed by atoms with E-state index in [1.807, 2.05) is 0 Å². The van der Waals surface area contributed by atoms with Crippen molar-refractivity contribution in [3.05, 3.63) is 28.7 Å². The van der Waals surface area contributed by atoms with Crippen LogP contribution in [0, 0.1) is 6.92 Å². The Morgan fingerprint density at radius 3 is 2.48 bits per heavy atom. The van der Waals surface area contributed by atoms with Crippen molar-refractivity contribution in [2.75, 3.05) is 4.72 Å². The highest BCUT2D eigenvalue weighted by atomic mass is 35.5. The normalized spacial score (nSPS) is 12.7. The number of aryl methyl sites for hydroxylation is 2. The van der Waals surface area contributed by atoms with E-state index in [1.165, 1.54) is 13.0 Å². The van der Waals surface area contributed by atoms with Crippen LogP contribution >= 0.6 is 11.6 Å². The number of rotatable bonds is 3. The summed E-state index contributed by atoms with van der Waals surface area (Å²) in [6.45, 7) is 1.50. The Morgan fingerprint density at radius 1 is 1.38 bits per heavy atom. The first-order valence-electron chi connectivity index (χ1n) is 5.41. The highest BCUT2D eigenvalue weighted by Gasteiger charge is 2.40. The third-order valence-electron chi connectivity index (χ3n) is 2.46. The predicted octanol–water partition coefficient (Wildman–Crippen LogP) is 2.79. The van der Waals surface area contributed by atoms with Gasteiger partial charge in [0.25, 0.3) is 10.0 Å². The lowest BCUT2D eigenvalue weighted by molar-refractivity contribution is -0.140. The van der Waals surface area contributed by atoms with Crippen LogP contribution in [-0.4, -0.2) is 18.2 Å². The molecule has 2 rings (SSSR count). The lowest BCUT2D eigenvalue weighted by Gasteiger charge is -2.08. The quantitative estimate of drug-likeness (QED) is 0.929. The first-order valence-corrected chi connectivity index (χ1v) is 7.27. The van der Waals surface area contributed by atoms with E-state index in [9.17, 15) is 21.6 Å². The second-order valence-corrected chi connectivity index (χ2v) is 6.08. The van der Waals surface area contributed by atoms with Crippen LogP contribution in [0.5, 0.6) is 0 Å². The van der Waals surface area contributed by atoms with Gasteiger partial charge in [0.1, 0.15) is 11.4 Å². The van der Waals surface area contributed by atoms with Gasteiger partial charge in [-0.3, -0.25) is 9.40 Å². The van der Waals surface area contributed by atoms with Crippen molar-refractivity contribution in [3.8, 4) is 0 Å². The number of aromatic nitrogens is 2. The molecule has 0 aliphatic rings. The minimum Gasteiger partial charge on any atom is -0.448 e. The summed E-state index contributed by atoms with van der Waals surface area (Å²) in [7, 11) is -3.18. The van der Waals surface area contributed by atoms with Crippen LogP contribution in [0.15, 0.2) is 21.6 Å². The third kappa shape index (κ3) is 3.00. The van der Waals surface area contributed by atoms with Gasteiger partial charge < -0.3 is 4.42 Å². The molecule has 2 aromatic heterocycles. The number of hydrogen-bond acceptors (Lipinski definition) is 4. The van der Waals surface area contributed by atoms with E-state index in [0.29, 0.717) is 5.76 Å². The molecule has 6 nitrogen and oxygen atoms in total. The Kier molecular flexibility index (Phi) is 3.70. The number of hydrogen-bond donors (Lipinski definition) is 1. The molecule has 0 radical (unpaired) electrons. The maximum atomic E-state index is 12.8. The van der Waals surface area contributed by atoms with E-state index < -0.39 is 37.8 Å². The molecule has 0 fully saturated rings. The average molecular weight is 344 g/mol. The van der Waals surface area contributed by atoms with Gasteiger partial charge in [-0.15, -0.1) is 0 Å². The molecule has 0 aliphatic heterocycles. The van der Waals surface area contributed by atoms with Gasteiger partial charge >= 0.3 is 6.18 Å². The molecule has 0 atom stereocenters. The van der Waals surface area contributed by atoms with Crippen molar-refractivity contribution in [2.24, 2.45) is 7.05 Å². The SMILES string of the molecule is Cc1ccc(S(=O)(=O)Nc2c(C(F)(F)F)nn(C)c2Cl)o1. The van der Waals surface area contributed by atoms with Crippen LogP contribution < -0.4 is 4.72 Å². The molecule has 11 heteroatoms. The van der Waals surface area contributed by atoms with Gasteiger partial charge in [0.2, 0.25) is 5.09 Å².